The lowest BCUT2D eigenvalue weighted by Gasteiger charge is -2.25. The summed E-state index contributed by atoms with van der Waals surface area (Å²) in [5.41, 5.74) is 0.696. The summed E-state index contributed by atoms with van der Waals surface area (Å²) in [6.45, 7) is 7.10. The highest BCUT2D eigenvalue weighted by molar-refractivity contribution is 9.09. The molecule has 4 nitrogen and oxygen atoms in total. The van der Waals surface area contributed by atoms with Crippen LogP contribution in [-0.2, 0) is 5.41 Å². The molecule has 0 radical (unpaired) electrons. The van der Waals surface area contributed by atoms with E-state index >= 15 is 0 Å². The van der Waals surface area contributed by atoms with Gasteiger partial charge < -0.3 is 4.90 Å². The van der Waals surface area contributed by atoms with Gasteiger partial charge in [0, 0.05) is 23.3 Å². The predicted octanol–water partition coefficient (Wildman–Crippen LogP) is 3.62. The topological polar surface area (TPSA) is 46.1 Å². The standard InChI is InChI=1S/C14H22BrN3OS/c1-14(2,3)12-11(20-17-16-12)13(19)18-9-5-7-10(18)6-4-8-15/h10H,4-9H2,1-3H3. The molecule has 1 aromatic rings. The molecule has 1 aliphatic rings. The van der Waals surface area contributed by atoms with E-state index in [0.717, 1.165) is 48.1 Å². The second-order valence-electron chi connectivity index (χ2n) is 6.33. The molecule has 1 amide bonds. The van der Waals surface area contributed by atoms with Crippen LogP contribution in [0.5, 0.6) is 0 Å². The third-order valence-electron chi connectivity index (χ3n) is 3.70. The average molecular weight is 360 g/mol. The summed E-state index contributed by atoms with van der Waals surface area (Å²) in [6, 6.07) is 0.384. The first kappa shape index (κ1) is 15.9. The Bertz CT molecular complexity index is 469. The number of likely N-dealkylation sites (tertiary alicyclic amines) is 1. The van der Waals surface area contributed by atoms with E-state index in [4.69, 9.17) is 0 Å². The summed E-state index contributed by atoms with van der Waals surface area (Å²) in [6.07, 6.45) is 4.42. The highest BCUT2D eigenvalue weighted by Crippen LogP contribution is 2.30. The van der Waals surface area contributed by atoms with Gasteiger partial charge in [0.05, 0.1) is 5.69 Å². The Labute approximate surface area is 133 Å². The molecule has 0 N–H and O–H groups in total. The number of alkyl halides is 1. The predicted molar refractivity (Wildman–Crippen MR) is 85.7 cm³/mol. The summed E-state index contributed by atoms with van der Waals surface area (Å²) in [4.78, 5) is 15.6. The number of rotatable bonds is 4. The molecular weight excluding hydrogens is 338 g/mol. The molecule has 6 heteroatoms. The van der Waals surface area contributed by atoms with Crippen molar-refractivity contribution in [2.24, 2.45) is 0 Å². The number of halogens is 1. The van der Waals surface area contributed by atoms with E-state index in [1.54, 1.807) is 0 Å². The van der Waals surface area contributed by atoms with Gasteiger partial charge in [-0.3, -0.25) is 4.79 Å². The van der Waals surface area contributed by atoms with E-state index in [2.05, 4.69) is 46.3 Å². The van der Waals surface area contributed by atoms with E-state index in [9.17, 15) is 4.79 Å². The first-order valence-electron chi connectivity index (χ1n) is 7.15. The van der Waals surface area contributed by atoms with Crippen molar-refractivity contribution in [3.8, 4) is 0 Å². The molecule has 1 atom stereocenters. The fourth-order valence-electron chi connectivity index (χ4n) is 2.67. The fourth-order valence-corrected chi connectivity index (χ4v) is 3.82. The van der Waals surface area contributed by atoms with Crippen molar-refractivity contribution in [2.45, 2.75) is 57.9 Å². The lowest BCUT2D eigenvalue weighted by atomic mass is 9.91. The van der Waals surface area contributed by atoms with Crippen LogP contribution in [-0.4, -0.2) is 38.3 Å². The summed E-state index contributed by atoms with van der Waals surface area (Å²) in [5, 5.41) is 5.18. The van der Waals surface area contributed by atoms with Gasteiger partial charge in [0.15, 0.2) is 0 Å². The Kier molecular flexibility index (Phi) is 5.18. The summed E-state index contributed by atoms with van der Waals surface area (Å²) < 4.78 is 4.00. The normalized spacial score (nSPS) is 19.6. The molecule has 112 valence electrons. The molecular formula is C14H22BrN3OS. The quantitative estimate of drug-likeness (QED) is 0.771. The Morgan fingerprint density at radius 1 is 1.50 bits per heavy atom. The monoisotopic (exact) mass is 359 g/mol. The molecule has 0 bridgehead atoms. The van der Waals surface area contributed by atoms with Crippen LogP contribution >= 0.6 is 27.5 Å². The van der Waals surface area contributed by atoms with Gasteiger partial charge in [0.2, 0.25) is 0 Å². The molecule has 1 aromatic heterocycles. The zero-order chi connectivity index (χ0) is 14.8. The van der Waals surface area contributed by atoms with Gasteiger partial charge in [-0.25, -0.2) is 0 Å². The van der Waals surface area contributed by atoms with Gasteiger partial charge >= 0.3 is 0 Å². The third-order valence-corrected chi connectivity index (χ3v) is 4.98. The zero-order valence-corrected chi connectivity index (χ0v) is 14.8. The second kappa shape index (κ2) is 6.52. The SMILES string of the molecule is CC(C)(C)c1nnsc1C(=O)N1CCCC1CCCBr. The molecule has 0 aromatic carbocycles. The van der Waals surface area contributed by atoms with Crippen LogP contribution in [0.1, 0.15) is 61.8 Å². The van der Waals surface area contributed by atoms with Crippen LogP contribution in [0.25, 0.3) is 0 Å². The van der Waals surface area contributed by atoms with Gasteiger partial charge in [-0.15, -0.1) is 5.10 Å². The Balaban J connectivity index is 2.17. The van der Waals surface area contributed by atoms with Gasteiger partial charge in [0.25, 0.3) is 5.91 Å². The highest BCUT2D eigenvalue weighted by Gasteiger charge is 2.34. The minimum absolute atomic E-state index is 0.127. The maximum atomic E-state index is 12.8. The van der Waals surface area contributed by atoms with Crippen molar-refractivity contribution < 1.29 is 4.79 Å². The number of aromatic nitrogens is 2. The number of carbonyl (C=O) groups excluding carboxylic acids is 1. The van der Waals surface area contributed by atoms with Crippen LogP contribution in [0.15, 0.2) is 0 Å². The molecule has 1 unspecified atom stereocenters. The maximum Gasteiger partial charge on any atom is 0.267 e. The fraction of sp³-hybridized carbons (Fsp3) is 0.786. The molecule has 1 saturated heterocycles. The average Bonchev–Trinajstić information content (AvgIpc) is 3.03. The number of hydrogen-bond donors (Lipinski definition) is 0. The van der Waals surface area contributed by atoms with Crippen molar-refractivity contribution in [3.05, 3.63) is 10.6 Å². The van der Waals surface area contributed by atoms with Crippen LogP contribution in [0.2, 0.25) is 0 Å². The second-order valence-corrected chi connectivity index (χ2v) is 7.87. The molecule has 2 rings (SSSR count). The Morgan fingerprint density at radius 2 is 2.25 bits per heavy atom. The summed E-state index contributed by atoms with van der Waals surface area (Å²) in [7, 11) is 0. The first-order chi connectivity index (χ1) is 9.45. The molecule has 0 saturated carbocycles. The Morgan fingerprint density at radius 3 is 2.90 bits per heavy atom. The van der Waals surface area contributed by atoms with Crippen molar-refractivity contribution in [2.75, 3.05) is 11.9 Å². The molecule has 0 spiro atoms. The van der Waals surface area contributed by atoms with Gasteiger partial charge in [-0.2, -0.15) is 0 Å². The molecule has 1 aliphatic heterocycles. The van der Waals surface area contributed by atoms with Gasteiger partial charge in [-0.1, -0.05) is 41.2 Å². The zero-order valence-electron chi connectivity index (χ0n) is 12.4. The molecule has 2 heterocycles. The van der Waals surface area contributed by atoms with Gasteiger partial charge in [-0.05, 0) is 37.2 Å². The highest BCUT2D eigenvalue weighted by atomic mass is 79.9. The number of hydrogen-bond acceptors (Lipinski definition) is 4. The molecule has 1 fully saturated rings. The van der Waals surface area contributed by atoms with Crippen molar-refractivity contribution in [3.63, 3.8) is 0 Å². The minimum Gasteiger partial charge on any atom is -0.335 e. The maximum absolute atomic E-state index is 12.8. The van der Waals surface area contributed by atoms with Gasteiger partial charge in [0.1, 0.15) is 4.88 Å². The first-order valence-corrected chi connectivity index (χ1v) is 9.04. The van der Waals surface area contributed by atoms with E-state index < -0.39 is 0 Å². The van der Waals surface area contributed by atoms with Crippen molar-refractivity contribution in [1.82, 2.24) is 14.5 Å². The molecule has 20 heavy (non-hydrogen) atoms. The number of nitrogens with zero attached hydrogens (tertiary/aromatic N) is 3. The van der Waals surface area contributed by atoms with E-state index in [-0.39, 0.29) is 11.3 Å². The number of carbonyl (C=O) groups is 1. The van der Waals surface area contributed by atoms with Crippen LogP contribution in [0.4, 0.5) is 0 Å². The third kappa shape index (κ3) is 3.39. The minimum atomic E-state index is -0.136. The molecule has 0 aliphatic carbocycles. The Hall–Kier alpha value is -0.490. The summed E-state index contributed by atoms with van der Waals surface area (Å²) in [5.74, 6) is 0.127. The van der Waals surface area contributed by atoms with E-state index in [0.29, 0.717) is 6.04 Å². The van der Waals surface area contributed by atoms with E-state index in [1.807, 2.05) is 4.90 Å². The largest absolute Gasteiger partial charge is 0.335 e. The number of amides is 1. The summed E-state index contributed by atoms with van der Waals surface area (Å²) >= 11 is 4.70. The van der Waals surface area contributed by atoms with E-state index in [1.165, 1.54) is 11.5 Å². The lowest BCUT2D eigenvalue weighted by molar-refractivity contribution is 0.0732. The van der Waals surface area contributed by atoms with Crippen molar-refractivity contribution >= 4 is 33.4 Å². The van der Waals surface area contributed by atoms with Crippen LogP contribution in [0, 0.1) is 0 Å². The smallest absolute Gasteiger partial charge is 0.267 e. The van der Waals surface area contributed by atoms with Crippen molar-refractivity contribution in [1.29, 1.82) is 0 Å². The lowest BCUT2D eigenvalue weighted by Crippen LogP contribution is -2.36. The van der Waals surface area contributed by atoms with Crippen LogP contribution in [0.3, 0.4) is 0 Å². The van der Waals surface area contributed by atoms with Crippen LogP contribution < -0.4 is 0 Å².